The minimum Gasteiger partial charge on any atom is -0.241 e. The van der Waals surface area contributed by atoms with Crippen LogP contribution in [0.3, 0.4) is 0 Å². The van der Waals surface area contributed by atoms with Crippen molar-refractivity contribution >= 4 is 42.9 Å². The normalized spacial score (nSPS) is 11.4. The highest BCUT2D eigenvalue weighted by atomic mass is 32.1. The topological polar surface area (TPSA) is 103 Å². The molecule has 0 N–H and O–H groups in total. The van der Waals surface area contributed by atoms with E-state index in [1.807, 2.05) is 97.1 Å². The number of thiophene rings is 1. The summed E-state index contributed by atoms with van der Waals surface area (Å²) in [6.45, 7) is 0. The number of nitrogens with zero attached hydrogens (tertiary/aromatic N) is 8. The van der Waals surface area contributed by atoms with Crippen LogP contribution in [0, 0.1) is 0 Å². The lowest BCUT2D eigenvalue weighted by Crippen LogP contribution is -2.00. The fourth-order valence-electron chi connectivity index (χ4n) is 5.66. The summed E-state index contributed by atoms with van der Waals surface area (Å²) >= 11 is 1.52. The Morgan fingerprint density at radius 3 is 1.64 bits per heavy atom. The summed E-state index contributed by atoms with van der Waals surface area (Å²) in [6.07, 6.45) is 0. The van der Waals surface area contributed by atoms with Crippen LogP contribution in [-0.4, -0.2) is 40.3 Å². The maximum absolute atomic E-state index is 4.98. The molecule has 9 aromatic rings. The first-order valence-electron chi connectivity index (χ1n) is 15.0. The van der Waals surface area contributed by atoms with E-state index in [-0.39, 0.29) is 0 Å². The van der Waals surface area contributed by atoms with Crippen molar-refractivity contribution < 1.29 is 0 Å². The molecule has 0 fully saturated rings. The minimum absolute atomic E-state index is 0.562. The van der Waals surface area contributed by atoms with E-state index in [9.17, 15) is 0 Å². The van der Waals surface area contributed by atoms with Crippen LogP contribution in [0.4, 0.5) is 0 Å². The van der Waals surface area contributed by atoms with Gasteiger partial charge in [-0.05, 0) is 34.5 Å². The Balaban J connectivity index is 1.16. The number of rotatable bonds is 5. The monoisotopic (exact) mass is 622 g/mol. The van der Waals surface area contributed by atoms with Gasteiger partial charge in [0.1, 0.15) is 21.6 Å². The van der Waals surface area contributed by atoms with Crippen LogP contribution in [0.1, 0.15) is 0 Å². The van der Waals surface area contributed by atoms with Crippen LogP contribution >= 0.6 is 11.3 Å². The van der Waals surface area contributed by atoms with Crippen LogP contribution in [-0.2, 0) is 0 Å². The molecule has 4 aromatic heterocycles. The summed E-state index contributed by atoms with van der Waals surface area (Å²) in [5.41, 5.74) is 9.58. The minimum atomic E-state index is 0.562. The zero-order chi connectivity index (χ0) is 31.2. The Hall–Kier alpha value is -6.32. The second kappa shape index (κ2) is 11.2. The van der Waals surface area contributed by atoms with E-state index in [0.29, 0.717) is 28.7 Å². The maximum Gasteiger partial charge on any atom is 0.164 e. The third kappa shape index (κ3) is 4.95. The van der Waals surface area contributed by atoms with Gasteiger partial charge in [0, 0.05) is 22.3 Å². The molecule has 0 unspecified atom stereocenters. The highest BCUT2D eigenvalue weighted by Gasteiger charge is 2.18. The lowest BCUT2D eigenvalue weighted by atomic mass is 10.0. The number of para-hydroxylation sites is 2. The van der Waals surface area contributed by atoms with E-state index >= 15 is 0 Å². The third-order valence-corrected chi connectivity index (χ3v) is 9.06. The Morgan fingerprint density at radius 1 is 0.383 bits per heavy atom. The van der Waals surface area contributed by atoms with Crippen LogP contribution in [0.25, 0.3) is 88.1 Å². The van der Waals surface area contributed by atoms with Crippen molar-refractivity contribution in [3.05, 3.63) is 133 Å². The van der Waals surface area contributed by atoms with Crippen molar-refractivity contribution in [2.45, 2.75) is 0 Å². The van der Waals surface area contributed by atoms with Crippen molar-refractivity contribution in [2.75, 3.05) is 0 Å². The molecule has 0 atom stereocenters. The van der Waals surface area contributed by atoms with E-state index in [1.54, 1.807) is 0 Å². The van der Waals surface area contributed by atoms with E-state index in [2.05, 4.69) is 51.8 Å². The summed E-state index contributed by atoms with van der Waals surface area (Å²) in [4.78, 5) is 25.3. The first-order valence-corrected chi connectivity index (χ1v) is 15.8. The first-order chi connectivity index (χ1) is 23.3. The molecule has 0 amide bonds. The van der Waals surface area contributed by atoms with Crippen molar-refractivity contribution in [2.24, 2.45) is 0 Å². The van der Waals surface area contributed by atoms with Gasteiger partial charge in [-0.25, -0.2) is 24.9 Å². The van der Waals surface area contributed by atoms with Crippen molar-refractivity contribution in [3.8, 4) is 56.5 Å². The van der Waals surface area contributed by atoms with E-state index < -0.39 is 0 Å². The molecule has 47 heavy (non-hydrogen) atoms. The van der Waals surface area contributed by atoms with Gasteiger partial charge in [-0.15, -0.1) is 21.5 Å². The molecule has 0 aliphatic heterocycles. The van der Waals surface area contributed by atoms with Gasteiger partial charge in [-0.1, -0.05) is 115 Å². The molecule has 0 aliphatic carbocycles. The van der Waals surface area contributed by atoms with E-state index in [4.69, 9.17) is 24.9 Å². The summed E-state index contributed by atoms with van der Waals surface area (Å²) in [7, 11) is 0. The molecule has 0 aliphatic rings. The van der Waals surface area contributed by atoms with Crippen LogP contribution < -0.4 is 0 Å². The summed E-state index contributed by atoms with van der Waals surface area (Å²) in [5, 5.41) is 13.0. The molecular weight excluding hydrogens is 601 g/mol. The Morgan fingerprint density at radius 2 is 0.915 bits per heavy atom. The quantitative estimate of drug-likeness (QED) is 0.188. The van der Waals surface area contributed by atoms with Crippen molar-refractivity contribution in [3.63, 3.8) is 0 Å². The number of benzene rings is 5. The number of fused-ring (bicyclic) bond motifs is 4. The van der Waals surface area contributed by atoms with Crippen LogP contribution in [0.2, 0.25) is 0 Å². The van der Waals surface area contributed by atoms with Gasteiger partial charge in [-0.2, -0.15) is 0 Å². The fourth-order valence-corrected chi connectivity index (χ4v) is 6.73. The smallest absolute Gasteiger partial charge is 0.164 e. The molecule has 0 spiro atoms. The summed E-state index contributed by atoms with van der Waals surface area (Å²) < 4.78 is 0.877. The Bertz CT molecular complexity index is 2570. The van der Waals surface area contributed by atoms with Gasteiger partial charge < -0.3 is 0 Å². The predicted molar refractivity (Wildman–Crippen MR) is 186 cm³/mol. The average Bonchev–Trinajstić information content (AvgIpc) is 3.52. The highest BCUT2D eigenvalue weighted by Crippen LogP contribution is 2.37. The lowest BCUT2D eigenvalue weighted by molar-refractivity contribution is 0.904. The molecule has 0 saturated carbocycles. The van der Waals surface area contributed by atoms with Crippen LogP contribution in [0.5, 0.6) is 0 Å². The second-order valence-corrected chi connectivity index (χ2v) is 12.0. The number of hydrogen-bond donors (Lipinski definition) is 0. The zero-order valence-electron chi connectivity index (χ0n) is 24.7. The van der Waals surface area contributed by atoms with E-state index in [0.717, 1.165) is 59.5 Å². The van der Waals surface area contributed by atoms with Gasteiger partial charge in [0.2, 0.25) is 0 Å². The van der Waals surface area contributed by atoms with Crippen molar-refractivity contribution in [1.82, 2.24) is 40.3 Å². The summed E-state index contributed by atoms with van der Waals surface area (Å²) in [6, 6.07) is 44.5. The third-order valence-electron chi connectivity index (χ3n) is 7.99. The number of aromatic nitrogens is 8. The molecule has 5 aromatic carbocycles. The largest absolute Gasteiger partial charge is 0.241 e. The zero-order valence-corrected chi connectivity index (χ0v) is 25.5. The SMILES string of the molecule is c1ccc(-c2ccc(-c3nc(-c4ccccc4)nc(-c4cccc(-c5nnnc6c5sc5nc7ccccc7nc56)c4)n3)cc2)cc1. The standard InChI is InChI=1S/C38H22N8S/c1-3-10-23(11-4-1)24-18-20-26(21-19-24)36-41-35(25-12-5-2-6-13-25)42-37(43-36)28-15-9-14-27(22-28)31-34-32(45-46-44-31)33-38(47-34)40-30-17-8-7-16-29(30)39-33/h1-22H. The highest BCUT2D eigenvalue weighted by molar-refractivity contribution is 7.25. The fraction of sp³-hybridized carbons (Fsp3) is 0. The van der Waals surface area contributed by atoms with E-state index in [1.165, 1.54) is 11.3 Å². The maximum atomic E-state index is 4.98. The average molecular weight is 623 g/mol. The molecule has 0 saturated heterocycles. The van der Waals surface area contributed by atoms with Gasteiger partial charge in [-0.3, -0.25) is 0 Å². The Kier molecular flexibility index (Phi) is 6.46. The molecule has 9 rings (SSSR count). The molecular formula is C38H22N8S. The molecule has 0 bridgehead atoms. The van der Waals surface area contributed by atoms with Gasteiger partial charge in [0.25, 0.3) is 0 Å². The van der Waals surface area contributed by atoms with Gasteiger partial charge >= 0.3 is 0 Å². The number of hydrogen-bond acceptors (Lipinski definition) is 9. The molecule has 0 radical (unpaired) electrons. The molecule has 8 nitrogen and oxygen atoms in total. The molecule has 9 heteroatoms. The second-order valence-electron chi connectivity index (χ2n) is 11.0. The van der Waals surface area contributed by atoms with Gasteiger partial charge in [0.15, 0.2) is 17.5 Å². The summed E-state index contributed by atoms with van der Waals surface area (Å²) in [5.74, 6) is 1.76. The Labute approximate surface area is 272 Å². The van der Waals surface area contributed by atoms with Crippen molar-refractivity contribution in [1.29, 1.82) is 0 Å². The predicted octanol–water partition coefficient (Wildman–Crippen LogP) is 8.70. The lowest BCUT2D eigenvalue weighted by Gasteiger charge is -2.10. The molecule has 220 valence electrons. The first kappa shape index (κ1) is 27.0. The van der Waals surface area contributed by atoms with Gasteiger partial charge in [0.05, 0.1) is 15.7 Å². The molecule has 4 heterocycles. The van der Waals surface area contributed by atoms with Crippen LogP contribution in [0.15, 0.2) is 133 Å².